The van der Waals surface area contributed by atoms with E-state index in [-0.39, 0.29) is 11.4 Å². The van der Waals surface area contributed by atoms with Gasteiger partial charge >= 0.3 is 0 Å². The third-order valence-electron chi connectivity index (χ3n) is 3.19. The van der Waals surface area contributed by atoms with Gasteiger partial charge in [-0.15, -0.1) is 0 Å². The first kappa shape index (κ1) is 18.5. The Balaban J connectivity index is 2.15. The summed E-state index contributed by atoms with van der Waals surface area (Å²) >= 11 is 11.9. The molecule has 126 valence electrons. The van der Waals surface area contributed by atoms with E-state index in [1.54, 1.807) is 36.4 Å². The van der Waals surface area contributed by atoms with Crippen LogP contribution >= 0.6 is 23.2 Å². The number of anilines is 2. The van der Waals surface area contributed by atoms with Gasteiger partial charge in [-0.3, -0.25) is 9.59 Å². The molecule has 0 heterocycles. The molecule has 1 amide bonds. The van der Waals surface area contributed by atoms with Crippen LogP contribution in [0.1, 0.15) is 17.3 Å². The zero-order chi connectivity index (χ0) is 18.4. The molecule has 0 saturated carbocycles. The Morgan fingerprint density at radius 1 is 1.16 bits per heavy atom. The van der Waals surface area contributed by atoms with Crippen molar-refractivity contribution in [1.82, 2.24) is 0 Å². The van der Waals surface area contributed by atoms with Crippen molar-refractivity contribution in [2.45, 2.75) is 6.92 Å². The summed E-state index contributed by atoms with van der Waals surface area (Å²) in [5.41, 5.74) is 1.24. The minimum Gasteiger partial charge on any atom is -0.360 e. The molecule has 0 unspecified atom stereocenters. The van der Waals surface area contributed by atoms with Crippen LogP contribution < -0.4 is 10.6 Å². The van der Waals surface area contributed by atoms with E-state index in [1.165, 1.54) is 19.2 Å². The van der Waals surface area contributed by atoms with E-state index in [9.17, 15) is 14.9 Å². The second kappa shape index (κ2) is 8.34. The van der Waals surface area contributed by atoms with Crippen molar-refractivity contribution >= 4 is 46.3 Å². The summed E-state index contributed by atoms with van der Waals surface area (Å²) in [5, 5.41) is 15.2. The summed E-state index contributed by atoms with van der Waals surface area (Å²) in [6.45, 7) is 1.46. The zero-order valence-electron chi connectivity index (χ0n) is 13.1. The highest BCUT2D eigenvalue weighted by Crippen LogP contribution is 2.25. The second-order valence-corrected chi connectivity index (χ2v) is 5.87. The molecule has 2 aromatic rings. The summed E-state index contributed by atoms with van der Waals surface area (Å²) in [4.78, 5) is 23.6. The van der Waals surface area contributed by atoms with Gasteiger partial charge in [-0.25, -0.2) is 0 Å². The van der Waals surface area contributed by atoms with Crippen molar-refractivity contribution in [2.24, 2.45) is 0 Å². The number of hydrogen-bond donors (Lipinski definition) is 2. The number of carbonyl (C=O) groups is 2. The first-order chi connectivity index (χ1) is 11.9. The number of benzene rings is 2. The Morgan fingerprint density at radius 3 is 2.60 bits per heavy atom. The lowest BCUT2D eigenvalue weighted by atomic mass is 10.1. The molecule has 25 heavy (non-hydrogen) atoms. The standard InChI is InChI=1S/C18H13Cl2N3O2/c1-11(24)12-3-2-4-15(7-12)22-10-13(9-21)18(25)23-17-8-14(19)5-6-16(17)20/h2-8,10,22H,1H3,(H,23,25)/b13-10-. The number of ketones is 1. The number of carbonyl (C=O) groups excluding carboxylic acids is 2. The Hall–Kier alpha value is -2.81. The van der Waals surface area contributed by atoms with Crippen molar-refractivity contribution in [2.75, 3.05) is 10.6 Å². The summed E-state index contributed by atoms with van der Waals surface area (Å²) in [5.74, 6) is -0.719. The summed E-state index contributed by atoms with van der Waals surface area (Å²) < 4.78 is 0. The first-order valence-electron chi connectivity index (χ1n) is 7.15. The van der Waals surface area contributed by atoms with Gasteiger partial charge < -0.3 is 10.6 Å². The molecule has 0 aliphatic heterocycles. The maximum absolute atomic E-state index is 12.2. The molecule has 0 aromatic heterocycles. The maximum Gasteiger partial charge on any atom is 0.267 e. The Bertz CT molecular complexity index is 901. The van der Waals surface area contributed by atoms with Crippen molar-refractivity contribution < 1.29 is 9.59 Å². The second-order valence-electron chi connectivity index (χ2n) is 5.03. The van der Waals surface area contributed by atoms with Crippen molar-refractivity contribution in [3.63, 3.8) is 0 Å². The smallest absolute Gasteiger partial charge is 0.267 e. The number of rotatable bonds is 5. The molecular formula is C18H13Cl2N3O2. The zero-order valence-corrected chi connectivity index (χ0v) is 14.7. The van der Waals surface area contributed by atoms with Gasteiger partial charge in [0, 0.05) is 22.5 Å². The molecule has 0 aliphatic carbocycles. The monoisotopic (exact) mass is 373 g/mol. The van der Waals surface area contributed by atoms with E-state index >= 15 is 0 Å². The van der Waals surface area contributed by atoms with Crippen LogP contribution in [0.4, 0.5) is 11.4 Å². The largest absolute Gasteiger partial charge is 0.360 e. The Kier molecular flexibility index (Phi) is 6.18. The van der Waals surface area contributed by atoms with Crippen LogP contribution in [0.2, 0.25) is 10.0 Å². The third-order valence-corrected chi connectivity index (χ3v) is 3.76. The molecule has 0 spiro atoms. The van der Waals surface area contributed by atoms with E-state index in [2.05, 4.69) is 10.6 Å². The predicted molar refractivity (Wildman–Crippen MR) is 98.9 cm³/mol. The number of amides is 1. The van der Waals surface area contributed by atoms with Gasteiger partial charge in [0.2, 0.25) is 0 Å². The predicted octanol–water partition coefficient (Wildman–Crippen LogP) is 4.65. The van der Waals surface area contributed by atoms with Gasteiger partial charge in [0.1, 0.15) is 11.6 Å². The molecule has 5 nitrogen and oxygen atoms in total. The van der Waals surface area contributed by atoms with Crippen molar-refractivity contribution in [3.8, 4) is 6.07 Å². The van der Waals surface area contributed by atoms with Gasteiger partial charge in [-0.1, -0.05) is 35.3 Å². The van der Waals surface area contributed by atoms with E-state index in [1.807, 2.05) is 6.07 Å². The number of Topliss-reactive ketones (excluding diaryl/α,β-unsaturated/α-hetero) is 1. The minimum atomic E-state index is -0.637. The van der Waals surface area contributed by atoms with E-state index in [4.69, 9.17) is 23.2 Å². The number of nitriles is 1. The van der Waals surface area contributed by atoms with Gasteiger partial charge in [0.15, 0.2) is 5.78 Å². The topological polar surface area (TPSA) is 82.0 Å². The van der Waals surface area contributed by atoms with Crippen LogP contribution in [-0.2, 0) is 4.79 Å². The lowest BCUT2D eigenvalue weighted by Crippen LogP contribution is -2.15. The SMILES string of the molecule is CC(=O)c1cccc(N/C=C(/C#N)C(=O)Nc2cc(Cl)ccc2Cl)c1. The van der Waals surface area contributed by atoms with Crippen LogP contribution in [0, 0.1) is 11.3 Å². The molecule has 0 radical (unpaired) electrons. The lowest BCUT2D eigenvalue weighted by Gasteiger charge is -2.08. The van der Waals surface area contributed by atoms with Crippen LogP contribution in [0.15, 0.2) is 54.2 Å². The Labute approximate surface area is 154 Å². The van der Waals surface area contributed by atoms with Crippen LogP contribution in [0.25, 0.3) is 0 Å². The fourth-order valence-electron chi connectivity index (χ4n) is 1.92. The molecule has 0 atom stereocenters. The Morgan fingerprint density at radius 2 is 1.92 bits per heavy atom. The fraction of sp³-hybridized carbons (Fsp3) is 0.0556. The quantitative estimate of drug-likeness (QED) is 0.453. The molecule has 0 aliphatic rings. The fourth-order valence-corrected chi connectivity index (χ4v) is 2.25. The number of nitrogens with one attached hydrogen (secondary N) is 2. The molecule has 0 saturated heterocycles. The first-order valence-corrected chi connectivity index (χ1v) is 7.90. The summed E-state index contributed by atoms with van der Waals surface area (Å²) in [6.07, 6.45) is 1.26. The van der Waals surface area contributed by atoms with Crippen LogP contribution in [0.3, 0.4) is 0 Å². The lowest BCUT2D eigenvalue weighted by molar-refractivity contribution is -0.112. The number of hydrogen-bond acceptors (Lipinski definition) is 4. The van der Waals surface area contributed by atoms with Gasteiger partial charge in [0.25, 0.3) is 5.91 Å². The average Bonchev–Trinajstić information content (AvgIpc) is 2.59. The highest BCUT2D eigenvalue weighted by atomic mass is 35.5. The molecule has 2 N–H and O–H groups in total. The van der Waals surface area contributed by atoms with Gasteiger partial charge in [-0.05, 0) is 37.3 Å². The molecule has 0 bridgehead atoms. The van der Waals surface area contributed by atoms with Gasteiger partial charge in [0.05, 0.1) is 10.7 Å². The van der Waals surface area contributed by atoms with Crippen molar-refractivity contribution in [3.05, 3.63) is 69.8 Å². The van der Waals surface area contributed by atoms with E-state index in [0.717, 1.165) is 0 Å². The average molecular weight is 374 g/mol. The van der Waals surface area contributed by atoms with E-state index < -0.39 is 5.91 Å². The number of nitrogens with zero attached hydrogens (tertiary/aromatic N) is 1. The summed E-state index contributed by atoms with van der Waals surface area (Å²) in [7, 11) is 0. The molecule has 2 rings (SSSR count). The third kappa shape index (κ3) is 5.08. The number of halogens is 2. The highest BCUT2D eigenvalue weighted by molar-refractivity contribution is 6.36. The van der Waals surface area contributed by atoms with Crippen molar-refractivity contribution in [1.29, 1.82) is 5.26 Å². The molecule has 7 heteroatoms. The molecule has 0 fully saturated rings. The maximum atomic E-state index is 12.2. The van der Waals surface area contributed by atoms with E-state index in [0.29, 0.717) is 27.0 Å². The minimum absolute atomic E-state index is 0.0820. The molecule has 2 aromatic carbocycles. The van der Waals surface area contributed by atoms with Gasteiger partial charge in [-0.2, -0.15) is 5.26 Å². The summed E-state index contributed by atoms with van der Waals surface area (Å²) in [6, 6.07) is 13.1. The molecular weight excluding hydrogens is 361 g/mol. The highest BCUT2D eigenvalue weighted by Gasteiger charge is 2.12. The normalized spacial score (nSPS) is 10.7. The van der Waals surface area contributed by atoms with Crippen LogP contribution in [0.5, 0.6) is 0 Å². The van der Waals surface area contributed by atoms with Crippen LogP contribution in [-0.4, -0.2) is 11.7 Å².